The molecule has 0 fully saturated rings. The van der Waals surface area contributed by atoms with Crippen molar-refractivity contribution in [1.29, 1.82) is 0 Å². The molecule has 8 nitrogen and oxygen atoms in total. The molecule has 3 N–H and O–H groups in total. The number of nitrogens with two attached hydrogens (primary N) is 1. The Morgan fingerprint density at radius 2 is 1.69 bits per heavy atom. The summed E-state index contributed by atoms with van der Waals surface area (Å²) in [5, 5.41) is 2.96. The molecule has 1 aliphatic rings. The number of nitrogens with one attached hydrogen (secondary N) is 1. The van der Waals surface area contributed by atoms with Crippen LogP contribution in [-0.4, -0.2) is 44.8 Å². The van der Waals surface area contributed by atoms with E-state index in [1.165, 1.54) is 6.92 Å². The number of rotatable bonds is 9. The molecule has 0 spiro atoms. The predicted molar refractivity (Wildman–Crippen MR) is 142 cm³/mol. The van der Waals surface area contributed by atoms with Crippen LogP contribution in [0.4, 0.5) is 17.1 Å². The molecule has 0 saturated carbocycles. The zero-order valence-corrected chi connectivity index (χ0v) is 20.7. The van der Waals surface area contributed by atoms with Gasteiger partial charge in [0.15, 0.2) is 11.5 Å². The number of hydrogen-bond donors (Lipinski definition) is 2. The molecular weight excluding hydrogens is 456 g/mol. The second-order valence-corrected chi connectivity index (χ2v) is 8.41. The topological polar surface area (TPSA) is 106 Å². The van der Waals surface area contributed by atoms with Crippen molar-refractivity contribution in [3.8, 4) is 11.5 Å². The van der Waals surface area contributed by atoms with Crippen LogP contribution >= 0.6 is 0 Å². The molecule has 0 aliphatic carbocycles. The zero-order valence-electron chi connectivity index (χ0n) is 20.7. The van der Waals surface area contributed by atoms with Crippen molar-refractivity contribution >= 4 is 34.6 Å². The third kappa shape index (κ3) is 5.08. The van der Waals surface area contributed by atoms with E-state index >= 15 is 0 Å². The molecule has 1 aliphatic heterocycles. The average Bonchev–Trinajstić information content (AvgIpc) is 3.21. The van der Waals surface area contributed by atoms with Crippen molar-refractivity contribution in [2.45, 2.75) is 19.3 Å². The quantitative estimate of drug-likeness (QED) is 0.440. The van der Waals surface area contributed by atoms with Gasteiger partial charge in [-0.3, -0.25) is 14.6 Å². The molecule has 3 aromatic carbocycles. The first-order valence-corrected chi connectivity index (χ1v) is 11.8. The van der Waals surface area contributed by atoms with Gasteiger partial charge < -0.3 is 25.4 Å². The van der Waals surface area contributed by atoms with E-state index in [-0.39, 0.29) is 11.8 Å². The number of benzene rings is 3. The summed E-state index contributed by atoms with van der Waals surface area (Å²) in [6, 6.07) is 20.6. The number of hydrogen-bond acceptors (Lipinski definition) is 6. The Balaban J connectivity index is 1.77. The first kappa shape index (κ1) is 24.9. The van der Waals surface area contributed by atoms with Gasteiger partial charge in [0.05, 0.1) is 25.6 Å². The summed E-state index contributed by atoms with van der Waals surface area (Å²) in [4.78, 5) is 32.0. The number of anilines is 2. The Bertz CT molecular complexity index is 1270. The van der Waals surface area contributed by atoms with Gasteiger partial charge in [-0.1, -0.05) is 30.3 Å². The highest BCUT2D eigenvalue weighted by Crippen LogP contribution is 2.42. The molecule has 186 valence electrons. The third-order valence-electron chi connectivity index (χ3n) is 6.11. The number of nitrogens with zero attached hydrogens (tertiary/aromatic N) is 2. The number of methoxy groups -OCH3 is 2. The van der Waals surface area contributed by atoms with Crippen LogP contribution in [0.15, 0.2) is 71.7 Å². The first-order valence-electron chi connectivity index (χ1n) is 11.8. The molecule has 1 heterocycles. The molecule has 0 radical (unpaired) electrons. The second-order valence-electron chi connectivity index (χ2n) is 8.41. The molecule has 3 aromatic rings. The van der Waals surface area contributed by atoms with Crippen molar-refractivity contribution in [3.63, 3.8) is 0 Å². The van der Waals surface area contributed by atoms with Crippen LogP contribution in [0.3, 0.4) is 0 Å². The number of carbonyl (C=O) groups is 2. The van der Waals surface area contributed by atoms with Crippen LogP contribution in [0.25, 0.3) is 0 Å². The lowest BCUT2D eigenvalue weighted by Crippen LogP contribution is -2.30. The summed E-state index contributed by atoms with van der Waals surface area (Å²) >= 11 is 0. The number of aliphatic imine (C=N–C) groups is 1. The monoisotopic (exact) mass is 486 g/mol. The van der Waals surface area contributed by atoms with E-state index in [4.69, 9.17) is 20.2 Å². The van der Waals surface area contributed by atoms with Gasteiger partial charge in [0, 0.05) is 30.9 Å². The molecule has 0 aromatic heterocycles. The number of carbonyl (C=O) groups excluding carboxylic acids is 2. The molecular formula is C28H30N4O4. The van der Waals surface area contributed by atoms with Gasteiger partial charge >= 0.3 is 0 Å². The molecule has 36 heavy (non-hydrogen) atoms. The van der Waals surface area contributed by atoms with Crippen molar-refractivity contribution in [2.24, 2.45) is 10.7 Å². The molecule has 4 rings (SSSR count). The predicted octanol–water partition coefficient (Wildman–Crippen LogP) is 4.26. The van der Waals surface area contributed by atoms with E-state index in [2.05, 4.69) is 5.32 Å². The summed E-state index contributed by atoms with van der Waals surface area (Å²) in [7, 11) is 3.12. The maximum Gasteiger partial charge on any atom is 0.238 e. The van der Waals surface area contributed by atoms with E-state index in [9.17, 15) is 9.59 Å². The summed E-state index contributed by atoms with van der Waals surface area (Å²) < 4.78 is 10.9. The summed E-state index contributed by atoms with van der Waals surface area (Å²) in [6.45, 7) is 2.59. The van der Waals surface area contributed by atoms with Crippen LogP contribution < -0.4 is 25.4 Å². The minimum absolute atomic E-state index is 0.0479. The molecule has 1 atom stereocenters. The average molecular weight is 487 g/mol. The van der Waals surface area contributed by atoms with Crippen LogP contribution in [0.1, 0.15) is 30.4 Å². The Kier molecular flexibility index (Phi) is 7.65. The van der Waals surface area contributed by atoms with Gasteiger partial charge in [-0.05, 0) is 54.4 Å². The van der Waals surface area contributed by atoms with Gasteiger partial charge in [0.1, 0.15) is 5.92 Å². The standard InChI is InChI=1S/C28H30N4O4/c1-18(33)32(15-7-14-29)21-12-10-20(11-13-21)30-27(19-8-5-4-6-9-19)26-22-16-24(35-2)25(36-3)17-23(22)31-28(26)34/h4-6,8-13,16-17,26H,7,14-15,29H2,1-3H3,(H,31,34). The lowest BCUT2D eigenvalue weighted by molar-refractivity contribution is -0.117. The van der Waals surface area contributed by atoms with E-state index in [0.717, 1.165) is 16.8 Å². The summed E-state index contributed by atoms with van der Waals surface area (Å²) in [5.41, 5.74) is 9.94. The summed E-state index contributed by atoms with van der Waals surface area (Å²) in [6.07, 6.45) is 0.710. The van der Waals surface area contributed by atoms with Gasteiger partial charge in [-0.25, -0.2) is 0 Å². The van der Waals surface area contributed by atoms with Crippen LogP contribution in [0, 0.1) is 0 Å². The Hall–Kier alpha value is -4.17. The smallest absolute Gasteiger partial charge is 0.238 e. The number of amides is 2. The Morgan fingerprint density at radius 3 is 2.31 bits per heavy atom. The lowest BCUT2D eigenvalue weighted by Gasteiger charge is -2.21. The van der Waals surface area contributed by atoms with Crippen molar-refractivity contribution in [3.05, 3.63) is 77.9 Å². The largest absolute Gasteiger partial charge is 0.493 e. The molecule has 8 heteroatoms. The van der Waals surface area contributed by atoms with Crippen molar-refractivity contribution in [2.75, 3.05) is 37.5 Å². The van der Waals surface area contributed by atoms with E-state index in [1.54, 1.807) is 25.2 Å². The van der Waals surface area contributed by atoms with Crippen molar-refractivity contribution < 1.29 is 19.1 Å². The SMILES string of the molecule is COc1cc2c(cc1OC)C(C(=Nc1ccc(N(CCCN)C(C)=O)cc1)c1ccccc1)C(=O)N2. The Morgan fingerprint density at radius 1 is 1.03 bits per heavy atom. The molecule has 1 unspecified atom stereocenters. The summed E-state index contributed by atoms with van der Waals surface area (Å²) in [5.74, 6) is 0.212. The minimum Gasteiger partial charge on any atom is -0.493 e. The van der Waals surface area contributed by atoms with Crippen LogP contribution in [0.2, 0.25) is 0 Å². The second kappa shape index (κ2) is 11.0. The number of ether oxygens (including phenoxy) is 2. The highest BCUT2D eigenvalue weighted by molar-refractivity contribution is 6.24. The highest BCUT2D eigenvalue weighted by atomic mass is 16.5. The van der Waals surface area contributed by atoms with Crippen molar-refractivity contribution in [1.82, 2.24) is 0 Å². The molecule has 2 amide bonds. The maximum absolute atomic E-state index is 13.2. The fourth-order valence-electron chi connectivity index (χ4n) is 4.33. The highest BCUT2D eigenvalue weighted by Gasteiger charge is 2.36. The minimum atomic E-state index is -0.639. The first-order chi connectivity index (χ1) is 17.5. The fraction of sp³-hybridized carbons (Fsp3) is 0.250. The van der Waals surface area contributed by atoms with Gasteiger partial charge in [-0.2, -0.15) is 0 Å². The normalized spacial score (nSPS) is 14.7. The van der Waals surface area contributed by atoms with Gasteiger partial charge in [0.25, 0.3) is 0 Å². The van der Waals surface area contributed by atoms with Gasteiger partial charge in [0.2, 0.25) is 11.8 Å². The maximum atomic E-state index is 13.2. The lowest BCUT2D eigenvalue weighted by atomic mass is 9.90. The Labute approximate surface area is 210 Å². The van der Waals surface area contributed by atoms with Crippen LogP contribution in [-0.2, 0) is 9.59 Å². The molecule has 0 saturated heterocycles. The third-order valence-corrected chi connectivity index (χ3v) is 6.11. The van der Waals surface area contributed by atoms with Gasteiger partial charge in [-0.15, -0.1) is 0 Å². The number of fused-ring (bicyclic) bond motifs is 1. The van der Waals surface area contributed by atoms with E-state index in [0.29, 0.717) is 48.1 Å². The fourth-order valence-corrected chi connectivity index (χ4v) is 4.33. The van der Waals surface area contributed by atoms with Crippen LogP contribution in [0.5, 0.6) is 11.5 Å². The van der Waals surface area contributed by atoms with E-state index < -0.39 is 5.92 Å². The molecule has 0 bridgehead atoms. The van der Waals surface area contributed by atoms with E-state index in [1.807, 2.05) is 60.7 Å². The zero-order chi connectivity index (χ0) is 25.7.